The molecule has 156 valence electrons. The van der Waals surface area contributed by atoms with E-state index in [1.807, 2.05) is 36.4 Å². The van der Waals surface area contributed by atoms with Gasteiger partial charge in [-0.3, -0.25) is 4.79 Å². The van der Waals surface area contributed by atoms with Crippen LogP contribution in [0, 0.1) is 23.2 Å². The van der Waals surface area contributed by atoms with Gasteiger partial charge in [-0.1, -0.05) is 42.5 Å². The van der Waals surface area contributed by atoms with E-state index in [0.717, 1.165) is 18.4 Å². The molecule has 2 aromatic rings. The zero-order valence-electron chi connectivity index (χ0n) is 16.7. The Balaban J connectivity index is 1.40. The summed E-state index contributed by atoms with van der Waals surface area (Å²) in [6.07, 6.45) is 3.20. The van der Waals surface area contributed by atoms with E-state index >= 15 is 0 Å². The number of carbonyl (C=O) groups is 1. The van der Waals surface area contributed by atoms with Crippen molar-refractivity contribution in [3.63, 3.8) is 0 Å². The Morgan fingerprint density at radius 2 is 1.63 bits per heavy atom. The maximum absolute atomic E-state index is 13.0. The quantitative estimate of drug-likeness (QED) is 0.772. The zero-order chi connectivity index (χ0) is 21.1. The SMILES string of the molecule is N#Cc1ccccc1S(=O)(=O)N1CCC(C(=O)N[C@H](c2ccccc2)C2CC2)CC1. The molecule has 1 atom stereocenters. The lowest BCUT2D eigenvalue weighted by molar-refractivity contribution is -0.127. The predicted octanol–water partition coefficient (Wildman–Crippen LogP) is 3.23. The molecule has 0 bridgehead atoms. The number of nitriles is 1. The average Bonchev–Trinajstić information content (AvgIpc) is 3.63. The van der Waals surface area contributed by atoms with Gasteiger partial charge >= 0.3 is 0 Å². The third-order valence-corrected chi connectivity index (χ3v) is 7.96. The van der Waals surface area contributed by atoms with Crippen molar-refractivity contribution in [1.29, 1.82) is 5.26 Å². The Hall–Kier alpha value is -2.69. The summed E-state index contributed by atoms with van der Waals surface area (Å²) in [6, 6.07) is 18.3. The van der Waals surface area contributed by atoms with E-state index in [4.69, 9.17) is 0 Å². The molecule has 1 N–H and O–H groups in total. The van der Waals surface area contributed by atoms with Crippen LogP contribution in [0.3, 0.4) is 0 Å². The van der Waals surface area contributed by atoms with Crippen LogP contribution in [0.25, 0.3) is 0 Å². The lowest BCUT2D eigenvalue weighted by Gasteiger charge is -2.31. The topological polar surface area (TPSA) is 90.3 Å². The van der Waals surface area contributed by atoms with E-state index in [-0.39, 0.29) is 41.4 Å². The van der Waals surface area contributed by atoms with Crippen molar-refractivity contribution >= 4 is 15.9 Å². The molecule has 2 fully saturated rings. The number of nitrogens with one attached hydrogen (secondary N) is 1. The van der Waals surface area contributed by atoms with Crippen molar-refractivity contribution in [2.75, 3.05) is 13.1 Å². The van der Waals surface area contributed by atoms with Crippen LogP contribution in [-0.2, 0) is 14.8 Å². The van der Waals surface area contributed by atoms with Crippen molar-refractivity contribution < 1.29 is 13.2 Å². The number of piperidine rings is 1. The summed E-state index contributed by atoms with van der Waals surface area (Å²) in [5.41, 5.74) is 1.27. The largest absolute Gasteiger partial charge is 0.349 e. The minimum absolute atomic E-state index is 0.00484. The lowest BCUT2D eigenvalue weighted by Crippen LogP contribution is -2.44. The summed E-state index contributed by atoms with van der Waals surface area (Å²) in [7, 11) is -3.74. The van der Waals surface area contributed by atoms with Gasteiger partial charge in [0.2, 0.25) is 15.9 Å². The molecule has 6 nitrogen and oxygen atoms in total. The van der Waals surface area contributed by atoms with Crippen LogP contribution in [0.4, 0.5) is 0 Å². The van der Waals surface area contributed by atoms with Crippen molar-refractivity contribution in [2.24, 2.45) is 11.8 Å². The van der Waals surface area contributed by atoms with E-state index in [9.17, 15) is 18.5 Å². The van der Waals surface area contributed by atoms with Gasteiger partial charge < -0.3 is 5.32 Å². The molecule has 4 rings (SSSR count). The van der Waals surface area contributed by atoms with Gasteiger partial charge in [-0.25, -0.2) is 8.42 Å². The molecule has 1 aliphatic heterocycles. The first-order valence-electron chi connectivity index (χ1n) is 10.4. The molecule has 1 saturated heterocycles. The zero-order valence-corrected chi connectivity index (χ0v) is 17.5. The van der Waals surface area contributed by atoms with Gasteiger partial charge in [0.15, 0.2) is 0 Å². The molecule has 7 heteroatoms. The number of hydrogen-bond donors (Lipinski definition) is 1. The highest BCUT2D eigenvalue weighted by atomic mass is 32.2. The normalized spacial score (nSPS) is 19.0. The van der Waals surface area contributed by atoms with Gasteiger partial charge in [0.25, 0.3) is 0 Å². The van der Waals surface area contributed by atoms with Crippen LogP contribution < -0.4 is 5.32 Å². The summed E-state index contributed by atoms with van der Waals surface area (Å²) >= 11 is 0. The number of nitrogens with zero attached hydrogens (tertiary/aromatic N) is 2. The van der Waals surface area contributed by atoms with Crippen molar-refractivity contribution in [1.82, 2.24) is 9.62 Å². The summed E-state index contributed by atoms with van der Waals surface area (Å²) in [5, 5.41) is 12.5. The second-order valence-electron chi connectivity index (χ2n) is 8.02. The molecule has 0 unspecified atom stereocenters. The van der Waals surface area contributed by atoms with E-state index in [2.05, 4.69) is 5.32 Å². The molecular formula is C23H25N3O3S. The van der Waals surface area contributed by atoms with E-state index in [1.165, 1.54) is 16.4 Å². The summed E-state index contributed by atoms with van der Waals surface area (Å²) in [4.78, 5) is 13.0. The summed E-state index contributed by atoms with van der Waals surface area (Å²) < 4.78 is 27.3. The standard InChI is InChI=1S/C23H25N3O3S/c24-16-20-8-4-5-9-21(20)30(28,29)26-14-12-19(13-15-26)23(27)25-22(18-10-11-18)17-6-2-1-3-7-17/h1-9,18-19,22H,10-15H2,(H,25,27)/t22-/m1/s1. The molecular weight excluding hydrogens is 398 g/mol. The van der Waals surface area contributed by atoms with E-state index < -0.39 is 10.0 Å². The first kappa shape index (κ1) is 20.6. The maximum atomic E-state index is 13.0. The highest BCUT2D eigenvalue weighted by Crippen LogP contribution is 2.41. The van der Waals surface area contributed by atoms with Crippen molar-refractivity contribution in [2.45, 2.75) is 36.6 Å². The third-order valence-electron chi connectivity index (χ3n) is 6.00. The van der Waals surface area contributed by atoms with Crippen molar-refractivity contribution in [3.05, 3.63) is 65.7 Å². The lowest BCUT2D eigenvalue weighted by atomic mass is 9.95. The monoisotopic (exact) mass is 423 g/mol. The fourth-order valence-corrected chi connectivity index (χ4v) is 5.73. The first-order chi connectivity index (χ1) is 14.5. The smallest absolute Gasteiger partial charge is 0.244 e. The van der Waals surface area contributed by atoms with Crippen molar-refractivity contribution in [3.8, 4) is 6.07 Å². The van der Waals surface area contributed by atoms with Gasteiger partial charge in [-0.15, -0.1) is 0 Å². The molecule has 1 saturated carbocycles. The molecule has 1 heterocycles. The molecule has 30 heavy (non-hydrogen) atoms. The number of rotatable bonds is 6. The Kier molecular flexibility index (Phi) is 5.89. The van der Waals surface area contributed by atoms with Crippen LogP contribution in [0.2, 0.25) is 0 Å². The fraction of sp³-hybridized carbons (Fsp3) is 0.391. The van der Waals surface area contributed by atoms with Crippen LogP contribution in [0.5, 0.6) is 0 Å². The van der Waals surface area contributed by atoms with Gasteiger partial charge in [-0.2, -0.15) is 9.57 Å². The molecule has 0 spiro atoms. The van der Waals surface area contributed by atoms with E-state index in [0.29, 0.717) is 18.8 Å². The highest BCUT2D eigenvalue weighted by Gasteiger charge is 2.37. The first-order valence-corrected chi connectivity index (χ1v) is 11.8. The second-order valence-corrected chi connectivity index (χ2v) is 9.93. The minimum atomic E-state index is -3.74. The van der Waals surface area contributed by atoms with Gasteiger partial charge in [0.05, 0.1) is 16.5 Å². The fourth-order valence-electron chi connectivity index (χ4n) is 4.12. The van der Waals surface area contributed by atoms with Gasteiger partial charge in [0.1, 0.15) is 6.07 Å². The predicted molar refractivity (Wildman–Crippen MR) is 113 cm³/mol. The average molecular weight is 424 g/mol. The Bertz CT molecular complexity index is 1050. The van der Waals surface area contributed by atoms with E-state index in [1.54, 1.807) is 12.1 Å². The third kappa shape index (κ3) is 4.25. The summed E-state index contributed by atoms with van der Waals surface area (Å²) in [5.74, 6) is 0.289. The Morgan fingerprint density at radius 3 is 2.27 bits per heavy atom. The number of carbonyl (C=O) groups excluding carboxylic acids is 1. The molecule has 2 aromatic carbocycles. The number of sulfonamides is 1. The Labute approximate surface area is 177 Å². The van der Waals surface area contributed by atoms with Gasteiger partial charge in [-0.05, 0) is 49.3 Å². The van der Waals surface area contributed by atoms with Gasteiger partial charge in [0, 0.05) is 19.0 Å². The number of hydrogen-bond acceptors (Lipinski definition) is 4. The van der Waals surface area contributed by atoms with Crippen LogP contribution in [0.15, 0.2) is 59.5 Å². The molecule has 1 amide bonds. The number of benzene rings is 2. The minimum Gasteiger partial charge on any atom is -0.349 e. The van der Waals surface area contributed by atoms with Crippen LogP contribution >= 0.6 is 0 Å². The second kappa shape index (κ2) is 8.58. The summed E-state index contributed by atoms with van der Waals surface area (Å²) in [6.45, 7) is 0.555. The van der Waals surface area contributed by atoms with Crippen LogP contribution in [-0.4, -0.2) is 31.7 Å². The molecule has 1 aliphatic carbocycles. The van der Waals surface area contributed by atoms with Crippen LogP contribution in [0.1, 0.15) is 42.9 Å². The highest BCUT2D eigenvalue weighted by molar-refractivity contribution is 7.89. The Morgan fingerprint density at radius 1 is 1.00 bits per heavy atom. The molecule has 2 aliphatic rings. The number of amides is 1. The molecule has 0 radical (unpaired) electrons. The maximum Gasteiger partial charge on any atom is 0.244 e. The molecule has 0 aromatic heterocycles.